The highest BCUT2D eigenvalue weighted by atomic mass is 19.1. The number of aromatic nitrogens is 1. The van der Waals surface area contributed by atoms with Gasteiger partial charge in [-0.15, -0.1) is 0 Å². The fraction of sp³-hybridized carbons (Fsp3) is 0.154. The van der Waals surface area contributed by atoms with Gasteiger partial charge in [0.15, 0.2) is 5.82 Å². The molecule has 0 radical (unpaired) electrons. The summed E-state index contributed by atoms with van der Waals surface area (Å²) < 4.78 is 18.4. The van der Waals surface area contributed by atoms with Gasteiger partial charge in [-0.2, -0.15) is 4.98 Å². The van der Waals surface area contributed by atoms with Gasteiger partial charge >= 0.3 is 0 Å². The summed E-state index contributed by atoms with van der Waals surface area (Å²) in [5, 5.41) is 3.00. The minimum Gasteiger partial charge on any atom is -0.481 e. The lowest BCUT2D eigenvalue weighted by molar-refractivity contribution is 0.398. The number of nitrogens with zero attached hydrogens (tertiary/aromatic N) is 1. The molecule has 2 rings (SSSR count). The molecule has 94 valence electrons. The molecule has 0 atom stereocenters. The van der Waals surface area contributed by atoms with Crippen molar-refractivity contribution in [3.63, 3.8) is 0 Å². The number of anilines is 3. The Kier molecular flexibility index (Phi) is 3.32. The van der Waals surface area contributed by atoms with Crippen LogP contribution in [0.15, 0.2) is 30.3 Å². The average Bonchev–Trinajstić information content (AvgIpc) is 2.37. The molecule has 0 aliphatic rings. The Labute approximate surface area is 105 Å². The summed E-state index contributed by atoms with van der Waals surface area (Å²) in [4.78, 5) is 4.18. The number of pyridine rings is 1. The standard InChI is InChI=1S/C13H14FN3O/c1-8-9(14)4-3-5-11(8)16-13-10(15)6-7-12(17-13)18-2/h3-7H,15H2,1-2H3,(H,16,17). The first-order chi connectivity index (χ1) is 8.61. The highest BCUT2D eigenvalue weighted by Gasteiger charge is 2.07. The number of hydrogen-bond acceptors (Lipinski definition) is 4. The van der Waals surface area contributed by atoms with Crippen LogP contribution in [0.4, 0.5) is 21.6 Å². The zero-order chi connectivity index (χ0) is 13.1. The van der Waals surface area contributed by atoms with E-state index in [1.807, 2.05) is 0 Å². The third kappa shape index (κ3) is 2.34. The van der Waals surface area contributed by atoms with Crippen LogP contribution in [0.1, 0.15) is 5.56 Å². The first kappa shape index (κ1) is 12.2. The minimum absolute atomic E-state index is 0.276. The van der Waals surface area contributed by atoms with Crippen LogP contribution in [-0.2, 0) is 0 Å². The van der Waals surface area contributed by atoms with Crippen molar-refractivity contribution >= 4 is 17.2 Å². The number of ether oxygens (including phenoxy) is 1. The number of nitrogens with one attached hydrogen (secondary N) is 1. The zero-order valence-electron chi connectivity index (χ0n) is 10.2. The molecule has 0 spiro atoms. The molecule has 0 unspecified atom stereocenters. The van der Waals surface area contributed by atoms with Gasteiger partial charge in [-0.25, -0.2) is 4.39 Å². The van der Waals surface area contributed by atoms with Gasteiger partial charge in [-0.05, 0) is 25.1 Å². The Morgan fingerprint density at radius 1 is 1.28 bits per heavy atom. The number of nitrogens with two attached hydrogens (primary N) is 1. The number of nitrogen functional groups attached to an aromatic ring is 1. The summed E-state index contributed by atoms with van der Waals surface area (Å²) in [7, 11) is 1.52. The van der Waals surface area contributed by atoms with E-state index in [-0.39, 0.29) is 5.82 Å². The number of halogens is 1. The van der Waals surface area contributed by atoms with Gasteiger partial charge in [0, 0.05) is 17.3 Å². The van der Waals surface area contributed by atoms with Crippen molar-refractivity contribution in [1.82, 2.24) is 4.98 Å². The van der Waals surface area contributed by atoms with Crippen molar-refractivity contribution in [2.75, 3.05) is 18.2 Å². The topological polar surface area (TPSA) is 60.2 Å². The maximum absolute atomic E-state index is 13.4. The normalized spacial score (nSPS) is 10.2. The number of methoxy groups -OCH3 is 1. The van der Waals surface area contributed by atoms with Crippen molar-refractivity contribution in [3.05, 3.63) is 41.7 Å². The van der Waals surface area contributed by atoms with Crippen molar-refractivity contribution in [2.24, 2.45) is 0 Å². The molecule has 0 saturated heterocycles. The monoisotopic (exact) mass is 247 g/mol. The van der Waals surface area contributed by atoms with Crippen LogP contribution >= 0.6 is 0 Å². The highest BCUT2D eigenvalue weighted by Crippen LogP contribution is 2.26. The van der Waals surface area contributed by atoms with Crippen molar-refractivity contribution < 1.29 is 9.13 Å². The Hall–Kier alpha value is -2.30. The van der Waals surface area contributed by atoms with Crippen LogP contribution in [-0.4, -0.2) is 12.1 Å². The third-order valence-electron chi connectivity index (χ3n) is 2.63. The molecule has 0 fully saturated rings. The minimum atomic E-state index is -0.276. The lowest BCUT2D eigenvalue weighted by Crippen LogP contribution is -2.02. The maximum Gasteiger partial charge on any atom is 0.215 e. The van der Waals surface area contributed by atoms with Crippen LogP contribution in [0.5, 0.6) is 5.88 Å². The SMILES string of the molecule is COc1ccc(N)c(Nc2cccc(F)c2C)n1. The molecule has 18 heavy (non-hydrogen) atoms. The molecule has 1 aromatic carbocycles. The smallest absolute Gasteiger partial charge is 0.215 e. The summed E-state index contributed by atoms with van der Waals surface area (Å²) in [6.07, 6.45) is 0. The van der Waals surface area contributed by atoms with E-state index in [4.69, 9.17) is 10.5 Å². The van der Waals surface area contributed by atoms with E-state index in [0.717, 1.165) is 0 Å². The number of benzene rings is 1. The van der Waals surface area contributed by atoms with E-state index in [2.05, 4.69) is 10.3 Å². The summed E-state index contributed by atoms with van der Waals surface area (Å²) in [6.45, 7) is 1.69. The summed E-state index contributed by atoms with van der Waals surface area (Å²) in [5.74, 6) is 0.616. The predicted octanol–water partition coefficient (Wildman–Crippen LogP) is 2.86. The summed E-state index contributed by atoms with van der Waals surface area (Å²) in [5.41, 5.74) is 7.42. The first-order valence-electron chi connectivity index (χ1n) is 5.44. The largest absolute Gasteiger partial charge is 0.481 e. The fourth-order valence-corrected chi connectivity index (χ4v) is 1.54. The second-order valence-corrected chi connectivity index (χ2v) is 3.83. The second-order valence-electron chi connectivity index (χ2n) is 3.83. The molecule has 1 aromatic heterocycles. The highest BCUT2D eigenvalue weighted by molar-refractivity contribution is 5.70. The van der Waals surface area contributed by atoms with Crippen molar-refractivity contribution in [3.8, 4) is 5.88 Å². The van der Waals surface area contributed by atoms with Gasteiger partial charge < -0.3 is 15.8 Å². The van der Waals surface area contributed by atoms with Gasteiger partial charge in [0.05, 0.1) is 12.8 Å². The van der Waals surface area contributed by atoms with Gasteiger partial charge in [0.2, 0.25) is 5.88 Å². The fourth-order valence-electron chi connectivity index (χ4n) is 1.54. The van der Waals surface area contributed by atoms with Crippen molar-refractivity contribution in [2.45, 2.75) is 6.92 Å². The summed E-state index contributed by atoms with van der Waals surface area (Å²) >= 11 is 0. The molecule has 0 amide bonds. The Morgan fingerprint density at radius 2 is 2.06 bits per heavy atom. The lowest BCUT2D eigenvalue weighted by atomic mass is 10.2. The first-order valence-corrected chi connectivity index (χ1v) is 5.44. The number of hydrogen-bond donors (Lipinski definition) is 2. The van der Waals surface area contributed by atoms with Crippen LogP contribution in [0.25, 0.3) is 0 Å². The van der Waals surface area contributed by atoms with E-state index in [1.54, 1.807) is 31.2 Å². The molecule has 0 saturated carbocycles. The van der Waals surface area contributed by atoms with Gasteiger partial charge in [0.25, 0.3) is 0 Å². The predicted molar refractivity (Wildman–Crippen MR) is 69.6 cm³/mol. The molecule has 0 bridgehead atoms. The van der Waals surface area contributed by atoms with Crippen LogP contribution in [0, 0.1) is 12.7 Å². The zero-order valence-corrected chi connectivity index (χ0v) is 10.2. The molecule has 2 aromatic rings. The van der Waals surface area contributed by atoms with E-state index in [0.29, 0.717) is 28.6 Å². The Morgan fingerprint density at radius 3 is 2.78 bits per heavy atom. The third-order valence-corrected chi connectivity index (χ3v) is 2.63. The van der Waals surface area contributed by atoms with E-state index in [9.17, 15) is 4.39 Å². The molecule has 3 N–H and O–H groups in total. The average molecular weight is 247 g/mol. The van der Waals surface area contributed by atoms with E-state index < -0.39 is 0 Å². The molecule has 0 aliphatic carbocycles. The van der Waals surface area contributed by atoms with Crippen molar-refractivity contribution in [1.29, 1.82) is 0 Å². The quantitative estimate of drug-likeness (QED) is 0.875. The van der Waals surface area contributed by atoms with Gasteiger partial charge in [-0.3, -0.25) is 0 Å². The van der Waals surface area contributed by atoms with Crippen LogP contribution < -0.4 is 15.8 Å². The van der Waals surface area contributed by atoms with Gasteiger partial charge in [0.1, 0.15) is 5.82 Å². The molecular formula is C13H14FN3O. The van der Waals surface area contributed by atoms with Crippen LogP contribution in [0.2, 0.25) is 0 Å². The van der Waals surface area contributed by atoms with Gasteiger partial charge in [-0.1, -0.05) is 6.07 Å². The van der Waals surface area contributed by atoms with E-state index in [1.165, 1.54) is 13.2 Å². The second kappa shape index (κ2) is 4.91. The molecular weight excluding hydrogens is 233 g/mol. The number of rotatable bonds is 3. The lowest BCUT2D eigenvalue weighted by Gasteiger charge is -2.12. The molecule has 0 aliphatic heterocycles. The van der Waals surface area contributed by atoms with Crippen LogP contribution in [0.3, 0.4) is 0 Å². The Bertz CT molecular complexity index is 572. The Balaban J connectivity index is 2.36. The summed E-state index contributed by atoms with van der Waals surface area (Å²) in [6, 6.07) is 8.14. The maximum atomic E-state index is 13.4. The molecule has 1 heterocycles. The van der Waals surface area contributed by atoms with E-state index >= 15 is 0 Å². The molecule has 4 nitrogen and oxygen atoms in total. The molecule has 5 heteroatoms.